The largest absolute Gasteiger partial charge is 0.478 e. The standard InChI is InChI=1S/C22H25N5O4/c1-14(28)21-24-18-11-15(22(30)31)5-6-19(18)27(21)17-4-2-3-16(12-17)26-9-7-25(8-10-26)13-20(23)29/h2-6,11-12,14,28H,7-10,13H2,1H3,(H2,23,29)(H,30,31). The number of anilines is 1. The maximum atomic E-state index is 11.3. The van der Waals surface area contributed by atoms with E-state index in [1.165, 1.54) is 12.1 Å². The molecule has 0 aliphatic carbocycles. The number of hydrogen-bond acceptors (Lipinski definition) is 6. The van der Waals surface area contributed by atoms with Crippen LogP contribution in [0.2, 0.25) is 0 Å². The molecule has 2 heterocycles. The summed E-state index contributed by atoms with van der Waals surface area (Å²) in [6.07, 6.45) is -0.832. The summed E-state index contributed by atoms with van der Waals surface area (Å²) in [5.41, 5.74) is 8.55. The maximum absolute atomic E-state index is 11.3. The van der Waals surface area contributed by atoms with Crippen LogP contribution in [0.15, 0.2) is 42.5 Å². The Morgan fingerprint density at radius 3 is 2.45 bits per heavy atom. The van der Waals surface area contributed by atoms with Crippen molar-refractivity contribution >= 4 is 28.6 Å². The van der Waals surface area contributed by atoms with Crippen LogP contribution in [0.4, 0.5) is 5.69 Å². The Hall–Kier alpha value is -3.43. The Balaban J connectivity index is 1.68. The van der Waals surface area contributed by atoms with E-state index >= 15 is 0 Å². The molecular weight excluding hydrogens is 398 g/mol. The Morgan fingerprint density at radius 2 is 1.81 bits per heavy atom. The molecule has 0 saturated carbocycles. The normalized spacial score (nSPS) is 15.9. The first kappa shape index (κ1) is 20.8. The van der Waals surface area contributed by atoms with E-state index in [1.54, 1.807) is 13.0 Å². The van der Waals surface area contributed by atoms with Gasteiger partial charge in [0.2, 0.25) is 5.91 Å². The van der Waals surface area contributed by atoms with Gasteiger partial charge in [0.1, 0.15) is 11.9 Å². The zero-order valence-electron chi connectivity index (χ0n) is 17.2. The van der Waals surface area contributed by atoms with Crippen LogP contribution in [0.5, 0.6) is 0 Å². The fourth-order valence-electron chi connectivity index (χ4n) is 4.00. The number of primary amides is 1. The monoisotopic (exact) mass is 423 g/mol. The van der Waals surface area contributed by atoms with E-state index in [9.17, 15) is 19.8 Å². The molecule has 2 aromatic carbocycles. The summed E-state index contributed by atoms with van der Waals surface area (Å²) in [6, 6.07) is 12.7. The first-order chi connectivity index (χ1) is 14.8. The van der Waals surface area contributed by atoms with Crippen molar-refractivity contribution in [2.24, 2.45) is 5.73 Å². The van der Waals surface area contributed by atoms with E-state index in [-0.39, 0.29) is 18.0 Å². The van der Waals surface area contributed by atoms with Gasteiger partial charge in [0, 0.05) is 37.6 Å². The van der Waals surface area contributed by atoms with Crippen molar-refractivity contribution < 1.29 is 19.8 Å². The number of amides is 1. The van der Waals surface area contributed by atoms with Crippen molar-refractivity contribution in [1.82, 2.24) is 14.5 Å². The van der Waals surface area contributed by atoms with Crippen LogP contribution in [0.3, 0.4) is 0 Å². The molecule has 1 amide bonds. The van der Waals surface area contributed by atoms with Gasteiger partial charge in [-0.1, -0.05) is 6.07 Å². The Morgan fingerprint density at radius 1 is 1.10 bits per heavy atom. The van der Waals surface area contributed by atoms with Gasteiger partial charge in [-0.05, 0) is 43.3 Å². The molecule has 3 aromatic rings. The summed E-state index contributed by atoms with van der Waals surface area (Å²) >= 11 is 0. The van der Waals surface area contributed by atoms with Crippen molar-refractivity contribution in [3.8, 4) is 5.69 Å². The summed E-state index contributed by atoms with van der Waals surface area (Å²) in [5.74, 6) is -0.896. The quantitative estimate of drug-likeness (QED) is 0.547. The molecule has 0 radical (unpaired) electrons. The number of rotatable bonds is 6. The lowest BCUT2D eigenvalue weighted by atomic mass is 10.2. The highest BCUT2D eigenvalue weighted by Gasteiger charge is 2.21. The van der Waals surface area contributed by atoms with Crippen molar-refractivity contribution in [2.45, 2.75) is 13.0 Å². The third kappa shape index (κ3) is 4.23. The molecule has 1 aliphatic rings. The smallest absolute Gasteiger partial charge is 0.335 e. The van der Waals surface area contributed by atoms with Crippen LogP contribution in [-0.2, 0) is 4.79 Å². The molecule has 9 nitrogen and oxygen atoms in total. The van der Waals surface area contributed by atoms with E-state index in [0.29, 0.717) is 11.3 Å². The van der Waals surface area contributed by atoms with Crippen LogP contribution in [0.1, 0.15) is 29.2 Å². The Labute approximate surface area is 179 Å². The number of carboxylic acids is 1. The lowest BCUT2D eigenvalue weighted by molar-refractivity contribution is -0.119. The predicted molar refractivity (Wildman–Crippen MR) is 117 cm³/mol. The van der Waals surface area contributed by atoms with Crippen molar-refractivity contribution in [3.63, 3.8) is 0 Å². The third-order valence-corrected chi connectivity index (χ3v) is 5.51. The number of piperazine rings is 1. The van der Waals surface area contributed by atoms with Gasteiger partial charge < -0.3 is 20.8 Å². The number of carbonyl (C=O) groups is 2. The number of imidazole rings is 1. The molecule has 1 atom stereocenters. The molecule has 31 heavy (non-hydrogen) atoms. The van der Waals surface area contributed by atoms with Crippen LogP contribution in [0, 0.1) is 0 Å². The number of carboxylic acid groups (broad SMARTS) is 1. The van der Waals surface area contributed by atoms with Gasteiger partial charge in [0.15, 0.2) is 0 Å². The van der Waals surface area contributed by atoms with Crippen molar-refractivity contribution in [2.75, 3.05) is 37.6 Å². The molecule has 4 N–H and O–H groups in total. The number of hydrogen-bond donors (Lipinski definition) is 3. The molecule has 4 rings (SSSR count). The van der Waals surface area contributed by atoms with E-state index in [0.717, 1.165) is 43.1 Å². The molecular formula is C22H25N5O4. The minimum absolute atomic E-state index is 0.150. The molecule has 9 heteroatoms. The SMILES string of the molecule is CC(O)c1nc2cc(C(=O)O)ccc2n1-c1cccc(N2CCN(CC(N)=O)CC2)c1. The second kappa shape index (κ2) is 8.37. The Bertz CT molecular complexity index is 1130. The average molecular weight is 423 g/mol. The number of carbonyl (C=O) groups excluding carboxylic acids is 1. The zero-order chi connectivity index (χ0) is 22.1. The van der Waals surface area contributed by atoms with Crippen LogP contribution in [0.25, 0.3) is 16.7 Å². The van der Waals surface area contributed by atoms with Gasteiger partial charge in [-0.25, -0.2) is 9.78 Å². The topological polar surface area (TPSA) is 125 Å². The second-order valence-electron chi connectivity index (χ2n) is 7.74. The number of nitrogens with two attached hydrogens (primary N) is 1. The number of benzene rings is 2. The molecule has 1 saturated heterocycles. The number of aliphatic hydroxyl groups excluding tert-OH is 1. The summed E-state index contributed by atoms with van der Waals surface area (Å²) in [5, 5.41) is 19.6. The average Bonchev–Trinajstić information content (AvgIpc) is 3.13. The first-order valence-electron chi connectivity index (χ1n) is 10.1. The van der Waals surface area contributed by atoms with Gasteiger partial charge in [0.05, 0.1) is 23.1 Å². The van der Waals surface area contributed by atoms with E-state index < -0.39 is 12.1 Å². The fraction of sp³-hybridized carbons (Fsp3) is 0.318. The van der Waals surface area contributed by atoms with E-state index in [2.05, 4.69) is 9.88 Å². The lowest BCUT2D eigenvalue weighted by Gasteiger charge is -2.35. The number of nitrogens with zero attached hydrogens (tertiary/aromatic N) is 4. The van der Waals surface area contributed by atoms with Gasteiger partial charge >= 0.3 is 5.97 Å². The summed E-state index contributed by atoms with van der Waals surface area (Å²) in [6.45, 7) is 4.94. The maximum Gasteiger partial charge on any atom is 0.335 e. The molecule has 0 bridgehead atoms. The number of fused-ring (bicyclic) bond motifs is 1. The van der Waals surface area contributed by atoms with Crippen LogP contribution in [-0.4, -0.2) is 69.3 Å². The zero-order valence-corrected chi connectivity index (χ0v) is 17.2. The van der Waals surface area contributed by atoms with E-state index in [1.807, 2.05) is 33.7 Å². The highest BCUT2D eigenvalue weighted by molar-refractivity contribution is 5.93. The predicted octanol–water partition coefficient (Wildman–Crippen LogP) is 1.38. The summed E-state index contributed by atoms with van der Waals surface area (Å²) in [4.78, 5) is 31.3. The summed E-state index contributed by atoms with van der Waals surface area (Å²) in [7, 11) is 0. The van der Waals surface area contributed by atoms with Gasteiger partial charge in [-0.15, -0.1) is 0 Å². The molecule has 1 unspecified atom stereocenters. The minimum Gasteiger partial charge on any atom is -0.478 e. The molecule has 1 aromatic heterocycles. The molecule has 162 valence electrons. The number of aromatic carboxylic acids is 1. The highest BCUT2D eigenvalue weighted by Crippen LogP contribution is 2.28. The van der Waals surface area contributed by atoms with Gasteiger partial charge in [-0.3, -0.25) is 14.3 Å². The first-order valence-corrected chi connectivity index (χ1v) is 10.1. The van der Waals surface area contributed by atoms with Crippen molar-refractivity contribution in [3.05, 3.63) is 53.9 Å². The summed E-state index contributed by atoms with van der Waals surface area (Å²) < 4.78 is 1.86. The van der Waals surface area contributed by atoms with Crippen LogP contribution >= 0.6 is 0 Å². The van der Waals surface area contributed by atoms with Gasteiger partial charge in [-0.2, -0.15) is 0 Å². The number of aliphatic hydroxyl groups is 1. The molecule has 1 fully saturated rings. The van der Waals surface area contributed by atoms with E-state index in [4.69, 9.17) is 5.73 Å². The Kier molecular flexibility index (Phi) is 5.62. The van der Waals surface area contributed by atoms with Crippen molar-refractivity contribution in [1.29, 1.82) is 0 Å². The number of aromatic nitrogens is 2. The minimum atomic E-state index is -1.02. The van der Waals surface area contributed by atoms with Gasteiger partial charge in [0.25, 0.3) is 0 Å². The second-order valence-corrected chi connectivity index (χ2v) is 7.74. The fourth-order valence-corrected chi connectivity index (χ4v) is 4.00. The van der Waals surface area contributed by atoms with Crippen LogP contribution < -0.4 is 10.6 Å². The third-order valence-electron chi connectivity index (χ3n) is 5.51. The lowest BCUT2D eigenvalue weighted by Crippen LogP contribution is -2.48. The molecule has 1 aliphatic heterocycles. The molecule has 0 spiro atoms. The highest BCUT2D eigenvalue weighted by atomic mass is 16.4.